The first-order chi connectivity index (χ1) is 15.5. The van der Waals surface area contributed by atoms with E-state index in [2.05, 4.69) is 16.5 Å². The standard InChI is InChI=1S/C24H29ClN4O2S/c1-27(15-17-12-13-21(30-2)22(14-17)31-3)16-28-24(32)29(18-8-4-5-9-18)23(26-28)19-10-6-7-11-20(19)25/h6-7,10-14,18H,4-5,8-9,15-16H2,1-3H3. The number of nitrogens with zero attached hydrogens (tertiary/aromatic N) is 4. The molecule has 6 nitrogen and oxygen atoms in total. The average Bonchev–Trinajstić information content (AvgIpc) is 3.42. The van der Waals surface area contributed by atoms with Gasteiger partial charge in [0.05, 0.1) is 25.9 Å². The zero-order valence-electron chi connectivity index (χ0n) is 18.8. The number of halogens is 1. The van der Waals surface area contributed by atoms with E-state index in [4.69, 9.17) is 38.4 Å². The fraction of sp³-hybridized carbons (Fsp3) is 0.417. The van der Waals surface area contributed by atoms with Crippen molar-refractivity contribution in [1.29, 1.82) is 0 Å². The maximum atomic E-state index is 6.54. The molecule has 0 atom stereocenters. The number of ether oxygens (including phenoxy) is 2. The van der Waals surface area contributed by atoms with Crippen molar-refractivity contribution >= 4 is 23.8 Å². The molecule has 0 radical (unpaired) electrons. The van der Waals surface area contributed by atoms with Crippen molar-refractivity contribution in [3.05, 3.63) is 57.8 Å². The smallest absolute Gasteiger partial charge is 0.199 e. The van der Waals surface area contributed by atoms with Crippen molar-refractivity contribution in [2.24, 2.45) is 0 Å². The van der Waals surface area contributed by atoms with Gasteiger partial charge in [0.1, 0.15) is 0 Å². The van der Waals surface area contributed by atoms with Crippen molar-refractivity contribution in [2.75, 3.05) is 21.3 Å². The van der Waals surface area contributed by atoms with Gasteiger partial charge in [-0.2, -0.15) is 5.10 Å². The highest BCUT2D eigenvalue weighted by Crippen LogP contribution is 2.35. The van der Waals surface area contributed by atoms with Gasteiger partial charge in [-0.15, -0.1) is 0 Å². The van der Waals surface area contributed by atoms with E-state index < -0.39 is 0 Å². The highest BCUT2D eigenvalue weighted by atomic mass is 35.5. The zero-order valence-corrected chi connectivity index (χ0v) is 20.3. The van der Waals surface area contributed by atoms with E-state index in [0.29, 0.717) is 17.7 Å². The summed E-state index contributed by atoms with van der Waals surface area (Å²) in [5.41, 5.74) is 2.05. The number of methoxy groups -OCH3 is 2. The summed E-state index contributed by atoms with van der Waals surface area (Å²) in [6.07, 6.45) is 4.69. The minimum atomic E-state index is 0.374. The zero-order chi connectivity index (χ0) is 22.7. The predicted molar refractivity (Wildman–Crippen MR) is 130 cm³/mol. The highest BCUT2D eigenvalue weighted by molar-refractivity contribution is 7.71. The third kappa shape index (κ3) is 4.70. The normalized spacial score (nSPS) is 14.3. The van der Waals surface area contributed by atoms with Crippen LogP contribution in [-0.2, 0) is 13.2 Å². The number of hydrogen-bond acceptors (Lipinski definition) is 5. The van der Waals surface area contributed by atoms with Gasteiger partial charge in [0.15, 0.2) is 22.1 Å². The molecule has 3 aromatic rings. The van der Waals surface area contributed by atoms with Gasteiger partial charge in [-0.25, -0.2) is 4.68 Å². The monoisotopic (exact) mass is 472 g/mol. The fourth-order valence-corrected chi connectivity index (χ4v) is 4.95. The summed E-state index contributed by atoms with van der Waals surface area (Å²) in [5.74, 6) is 2.30. The lowest BCUT2D eigenvalue weighted by atomic mass is 10.2. The van der Waals surface area contributed by atoms with E-state index in [-0.39, 0.29) is 0 Å². The molecule has 0 amide bonds. The Hall–Kier alpha value is -2.35. The van der Waals surface area contributed by atoms with Gasteiger partial charge in [-0.1, -0.05) is 42.6 Å². The van der Waals surface area contributed by atoms with Crippen LogP contribution in [0.5, 0.6) is 11.5 Å². The van der Waals surface area contributed by atoms with Gasteiger partial charge in [-0.3, -0.25) is 9.47 Å². The maximum absolute atomic E-state index is 6.54. The molecule has 0 unspecified atom stereocenters. The molecule has 0 bridgehead atoms. The van der Waals surface area contributed by atoms with Crippen LogP contribution in [0.25, 0.3) is 11.4 Å². The Kier molecular flexibility index (Phi) is 7.18. The van der Waals surface area contributed by atoms with Crippen LogP contribution in [-0.4, -0.2) is 40.5 Å². The van der Waals surface area contributed by atoms with Crippen LogP contribution in [0.15, 0.2) is 42.5 Å². The lowest BCUT2D eigenvalue weighted by Crippen LogP contribution is -2.22. The summed E-state index contributed by atoms with van der Waals surface area (Å²) >= 11 is 12.4. The molecule has 0 saturated heterocycles. The first-order valence-electron chi connectivity index (χ1n) is 10.9. The SMILES string of the molecule is COc1ccc(CN(C)Cn2nc(-c3ccccc3Cl)n(C3CCCC3)c2=S)cc1OC. The quantitative estimate of drug-likeness (QED) is 0.378. The summed E-state index contributed by atoms with van der Waals surface area (Å²) in [4.78, 5) is 2.18. The lowest BCUT2D eigenvalue weighted by molar-refractivity contribution is 0.242. The van der Waals surface area contributed by atoms with Crippen LogP contribution in [0.1, 0.15) is 37.3 Å². The molecule has 1 fully saturated rings. The Bertz CT molecular complexity index is 1140. The lowest BCUT2D eigenvalue weighted by Gasteiger charge is -2.18. The van der Waals surface area contributed by atoms with E-state index in [1.165, 1.54) is 12.8 Å². The summed E-state index contributed by atoms with van der Waals surface area (Å²) in [6, 6.07) is 14.2. The van der Waals surface area contributed by atoms with E-state index >= 15 is 0 Å². The number of hydrogen-bond donors (Lipinski definition) is 0. The molecule has 2 aromatic carbocycles. The molecule has 1 aliphatic rings. The second-order valence-corrected chi connectivity index (χ2v) is 9.01. The molecule has 4 rings (SSSR count). The molecule has 1 aromatic heterocycles. The van der Waals surface area contributed by atoms with E-state index in [1.54, 1.807) is 14.2 Å². The Morgan fingerprint density at radius 3 is 2.50 bits per heavy atom. The third-order valence-corrected chi connectivity index (χ3v) is 6.69. The molecule has 32 heavy (non-hydrogen) atoms. The summed E-state index contributed by atoms with van der Waals surface area (Å²) in [5, 5.41) is 5.62. The van der Waals surface area contributed by atoms with Crippen LogP contribution < -0.4 is 9.47 Å². The molecule has 1 aliphatic carbocycles. The van der Waals surface area contributed by atoms with E-state index in [1.807, 2.05) is 47.1 Å². The van der Waals surface area contributed by atoms with Crippen LogP contribution >= 0.6 is 23.8 Å². The van der Waals surface area contributed by atoms with Crippen LogP contribution in [0.3, 0.4) is 0 Å². The van der Waals surface area contributed by atoms with Crippen molar-refractivity contribution < 1.29 is 9.47 Å². The predicted octanol–water partition coefficient (Wildman–Crippen LogP) is 5.96. The van der Waals surface area contributed by atoms with Gasteiger partial charge >= 0.3 is 0 Å². The molecular weight excluding hydrogens is 444 g/mol. The minimum absolute atomic E-state index is 0.374. The summed E-state index contributed by atoms with van der Waals surface area (Å²) in [7, 11) is 5.35. The van der Waals surface area contributed by atoms with Crippen molar-refractivity contribution in [3.8, 4) is 22.9 Å². The molecule has 1 saturated carbocycles. The van der Waals surface area contributed by atoms with Crippen molar-refractivity contribution in [3.63, 3.8) is 0 Å². The minimum Gasteiger partial charge on any atom is -0.493 e. The van der Waals surface area contributed by atoms with Gasteiger partial charge in [0.25, 0.3) is 0 Å². The van der Waals surface area contributed by atoms with Crippen molar-refractivity contribution in [1.82, 2.24) is 19.2 Å². The second kappa shape index (κ2) is 10.1. The number of benzene rings is 2. The largest absolute Gasteiger partial charge is 0.493 e. The number of aromatic nitrogens is 3. The number of rotatable bonds is 8. The average molecular weight is 473 g/mol. The molecule has 0 N–H and O–H groups in total. The Labute approximate surface area is 199 Å². The fourth-order valence-electron chi connectivity index (χ4n) is 4.40. The third-order valence-electron chi connectivity index (χ3n) is 5.95. The molecule has 0 spiro atoms. The molecule has 1 heterocycles. The van der Waals surface area contributed by atoms with Gasteiger partial charge in [0, 0.05) is 18.2 Å². The van der Waals surface area contributed by atoms with Crippen LogP contribution in [0, 0.1) is 4.77 Å². The molecule has 170 valence electrons. The van der Waals surface area contributed by atoms with E-state index in [0.717, 1.165) is 52.6 Å². The Morgan fingerprint density at radius 2 is 1.81 bits per heavy atom. The Morgan fingerprint density at radius 1 is 1.09 bits per heavy atom. The molecule has 8 heteroatoms. The first kappa shape index (κ1) is 22.8. The summed E-state index contributed by atoms with van der Waals surface area (Å²) in [6.45, 7) is 1.30. The second-order valence-electron chi connectivity index (χ2n) is 8.24. The maximum Gasteiger partial charge on any atom is 0.199 e. The summed E-state index contributed by atoms with van der Waals surface area (Å²) < 4.78 is 15.6. The van der Waals surface area contributed by atoms with Gasteiger partial charge < -0.3 is 9.47 Å². The highest BCUT2D eigenvalue weighted by Gasteiger charge is 2.25. The van der Waals surface area contributed by atoms with E-state index in [9.17, 15) is 0 Å². The van der Waals surface area contributed by atoms with Gasteiger partial charge in [-0.05, 0) is 61.9 Å². The van der Waals surface area contributed by atoms with Crippen LogP contribution in [0.2, 0.25) is 5.02 Å². The Balaban J connectivity index is 1.62. The molecule has 0 aliphatic heterocycles. The first-order valence-corrected chi connectivity index (χ1v) is 11.6. The van der Waals surface area contributed by atoms with Crippen molar-refractivity contribution in [2.45, 2.75) is 44.9 Å². The van der Waals surface area contributed by atoms with Gasteiger partial charge in [0.2, 0.25) is 0 Å². The van der Waals surface area contributed by atoms with Crippen LogP contribution in [0.4, 0.5) is 0 Å². The molecular formula is C24H29ClN4O2S. The topological polar surface area (TPSA) is 44.5 Å².